The minimum absolute atomic E-state index is 0.0845. The average molecular weight is 355 g/mol. The van der Waals surface area contributed by atoms with Crippen molar-refractivity contribution in [2.75, 3.05) is 33.3 Å². The lowest BCUT2D eigenvalue weighted by Gasteiger charge is -2.35. The van der Waals surface area contributed by atoms with Gasteiger partial charge in [0.05, 0.1) is 19.1 Å². The van der Waals surface area contributed by atoms with Crippen molar-refractivity contribution in [3.63, 3.8) is 0 Å². The summed E-state index contributed by atoms with van der Waals surface area (Å²) in [4.78, 5) is 28.3. The number of piperazine rings is 1. The normalized spacial score (nSPS) is 17.9. The van der Waals surface area contributed by atoms with Crippen LogP contribution in [0.25, 0.3) is 10.8 Å². The summed E-state index contributed by atoms with van der Waals surface area (Å²) >= 11 is 0. The Kier molecular flexibility index (Phi) is 5.85. The standard InChI is InChI=1S/C20H25N3O3/c1-22(11-12-24)19(25)13-18-20(26)21-9-10-23(18)14-16-7-4-6-15-5-2-3-8-17(15)16/h2-8,18,24H,9-14H2,1H3,(H,21,26). The van der Waals surface area contributed by atoms with Crippen LogP contribution in [0.3, 0.4) is 0 Å². The lowest BCUT2D eigenvalue weighted by Crippen LogP contribution is -2.56. The highest BCUT2D eigenvalue weighted by atomic mass is 16.3. The van der Waals surface area contributed by atoms with E-state index in [-0.39, 0.29) is 31.4 Å². The molecule has 6 heteroatoms. The number of aliphatic hydroxyl groups is 1. The summed E-state index contributed by atoms with van der Waals surface area (Å²) in [5, 5.41) is 14.2. The number of carbonyl (C=O) groups excluding carboxylic acids is 2. The maximum atomic E-state index is 12.4. The second-order valence-electron chi connectivity index (χ2n) is 6.66. The molecule has 0 bridgehead atoms. The molecular weight excluding hydrogens is 330 g/mol. The lowest BCUT2D eigenvalue weighted by atomic mass is 10.0. The van der Waals surface area contributed by atoms with E-state index in [1.807, 2.05) is 18.2 Å². The first-order chi connectivity index (χ1) is 12.6. The molecule has 0 radical (unpaired) electrons. The topological polar surface area (TPSA) is 72.9 Å². The van der Waals surface area contributed by atoms with Crippen LogP contribution in [0.5, 0.6) is 0 Å². The third-order valence-corrected chi connectivity index (χ3v) is 4.92. The SMILES string of the molecule is CN(CCO)C(=O)CC1C(=O)NCCN1Cc1cccc2ccccc12. The number of nitrogens with zero attached hydrogens (tertiary/aromatic N) is 2. The lowest BCUT2D eigenvalue weighted by molar-refractivity contribution is -0.138. The van der Waals surface area contributed by atoms with Crippen molar-refractivity contribution in [1.82, 2.24) is 15.1 Å². The Morgan fingerprint density at radius 3 is 2.85 bits per heavy atom. The van der Waals surface area contributed by atoms with Gasteiger partial charge >= 0.3 is 0 Å². The molecule has 1 fully saturated rings. The van der Waals surface area contributed by atoms with Crippen LogP contribution in [0.4, 0.5) is 0 Å². The minimum atomic E-state index is -0.489. The maximum Gasteiger partial charge on any atom is 0.237 e. The second kappa shape index (κ2) is 8.29. The predicted molar refractivity (Wildman–Crippen MR) is 100 cm³/mol. The summed E-state index contributed by atoms with van der Waals surface area (Å²) < 4.78 is 0. The molecule has 2 aromatic carbocycles. The van der Waals surface area contributed by atoms with Crippen LogP contribution in [0.1, 0.15) is 12.0 Å². The Hall–Kier alpha value is -2.44. The van der Waals surface area contributed by atoms with Crippen LogP contribution in [0.2, 0.25) is 0 Å². The summed E-state index contributed by atoms with van der Waals surface area (Å²) in [6, 6.07) is 13.9. The number of aliphatic hydroxyl groups excluding tert-OH is 1. The quantitative estimate of drug-likeness (QED) is 0.810. The number of nitrogens with one attached hydrogen (secondary N) is 1. The Morgan fingerprint density at radius 1 is 1.27 bits per heavy atom. The van der Waals surface area contributed by atoms with E-state index in [0.717, 1.165) is 5.56 Å². The fourth-order valence-electron chi connectivity index (χ4n) is 3.42. The first-order valence-electron chi connectivity index (χ1n) is 8.93. The van der Waals surface area contributed by atoms with Crippen molar-refractivity contribution in [3.8, 4) is 0 Å². The molecule has 138 valence electrons. The molecule has 0 aromatic heterocycles. The van der Waals surface area contributed by atoms with Gasteiger partial charge < -0.3 is 15.3 Å². The molecule has 1 aliphatic heterocycles. The van der Waals surface area contributed by atoms with E-state index in [4.69, 9.17) is 5.11 Å². The van der Waals surface area contributed by atoms with Crippen LogP contribution in [0, 0.1) is 0 Å². The molecule has 3 rings (SSSR count). The first kappa shape index (κ1) is 18.4. The highest BCUT2D eigenvalue weighted by molar-refractivity contribution is 5.89. The smallest absolute Gasteiger partial charge is 0.237 e. The molecule has 0 saturated carbocycles. The van der Waals surface area contributed by atoms with Crippen LogP contribution in [0.15, 0.2) is 42.5 Å². The maximum absolute atomic E-state index is 12.4. The number of likely N-dealkylation sites (N-methyl/N-ethyl adjacent to an activating group) is 1. The van der Waals surface area contributed by atoms with E-state index in [1.54, 1.807) is 7.05 Å². The molecule has 1 heterocycles. The van der Waals surface area contributed by atoms with Crippen molar-refractivity contribution in [2.45, 2.75) is 19.0 Å². The summed E-state index contributed by atoms with van der Waals surface area (Å²) in [5.74, 6) is -0.244. The van der Waals surface area contributed by atoms with Gasteiger partial charge in [-0.2, -0.15) is 0 Å². The Labute approximate surface area is 153 Å². The number of amides is 2. The van der Waals surface area contributed by atoms with E-state index >= 15 is 0 Å². The molecule has 1 unspecified atom stereocenters. The zero-order valence-corrected chi connectivity index (χ0v) is 15.0. The minimum Gasteiger partial charge on any atom is -0.395 e. The van der Waals surface area contributed by atoms with Crippen molar-refractivity contribution in [3.05, 3.63) is 48.0 Å². The Morgan fingerprint density at radius 2 is 2.04 bits per heavy atom. The van der Waals surface area contributed by atoms with Crippen molar-refractivity contribution in [1.29, 1.82) is 0 Å². The van der Waals surface area contributed by atoms with E-state index in [0.29, 0.717) is 19.6 Å². The fourth-order valence-corrected chi connectivity index (χ4v) is 3.42. The van der Waals surface area contributed by atoms with Crippen molar-refractivity contribution in [2.24, 2.45) is 0 Å². The molecule has 6 nitrogen and oxygen atoms in total. The fraction of sp³-hybridized carbons (Fsp3) is 0.400. The number of benzene rings is 2. The van der Waals surface area contributed by atoms with Crippen molar-refractivity contribution < 1.29 is 14.7 Å². The van der Waals surface area contributed by atoms with Gasteiger partial charge in [0.25, 0.3) is 0 Å². The van der Waals surface area contributed by atoms with Gasteiger partial charge in [0, 0.05) is 33.2 Å². The van der Waals surface area contributed by atoms with Gasteiger partial charge in [-0.3, -0.25) is 14.5 Å². The predicted octanol–water partition coefficient (Wildman–Crippen LogP) is 0.981. The zero-order valence-electron chi connectivity index (χ0n) is 15.0. The zero-order chi connectivity index (χ0) is 18.5. The van der Waals surface area contributed by atoms with Crippen LogP contribution in [-0.4, -0.2) is 66.1 Å². The number of hydrogen-bond donors (Lipinski definition) is 2. The third-order valence-electron chi connectivity index (χ3n) is 4.92. The Balaban J connectivity index is 1.79. The largest absolute Gasteiger partial charge is 0.395 e. The van der Waals surface area contributed by atoms with Crippen molar-refractivity contribution >= 4 is 22.6 Å². The van der Waals surface area contributed by atoms with Gasteiger partial charge in [0.1, 0.15) is 0 Å². The van der Waals surface area contributed by atoms with E-state index in [2.05, 4.69) is 34.5 Å². The third kappa shape index (κ3) is 4.03. The molecule has 2 N–H and O–H groups in total. The summed E-state index contributed by atoms with van der Waals surface area (Å²) in [6.07, 6.45) is 0.118. The molecule has 0 spiro atoms. The molecule has 1 atom stereocenters. The van der Waals surface area contributed by atoms with Gasteiger partial charge in [-0.1, -0.05) is 42.5 Å². The van der Waals surface area contributed by atoms with Gasteiger partial charge in [-0.15, -0.1) is 0 Å². The van der Waals surface area contributed by atoms with Gasteiger partial charge in [0.15, 0.2) is 0 Å². The summed E-state index contributed by atoms with van der Waals surface area (Å²) in [7, 11) is 1.65. The van der Waals surface area contributed by atoms with E-state index < -0.39 is 6.04 Å². The van der Waals surface area contributed by atoms with Gasteiger partial charge in [-0.25, -0.2) is 0 Å². The van der Waals surface area contributed by atoms with Crippen LogP contribution in [-0.2, 0) is 16.1 Å². The molecular formula is C20H25N3O3. The number of hydrogen-bond acceptors (Lipinski definition) is 4. The Bertz CT molecular complexity index is 787. The average Bonchev–Trinajstić information content (AvgIpc) is 2.65. The highest BCUT2D eigenvalue weighted by Gasteiger charge is 2.32. The van der Waals surface area contributed by atoms with Gasteiger partial charge in [-0.05, 0) is 16.3 Å². The van der Waals surface area contributed by atoms with Gasteiger partial charge in [0.2, 0.25) is 11.8 Å². The first-order valence-corrected chi connectivity index (χ1v) is 8.93. The molecule has 2 aromatic rings. The number of carbonyl (C=O) groups is 2. The van der Waals surface area contributed by atoms with Crippen LogP contribution >= 0.6 is 0 Å². The molecule has 0 aliphatic carbocycles. The second-order valence-corrected chi connectivity index (χ2v) is 6.66. The summed E-state index contributed by atoms with van der Waals surface area (Å²) in [5.41, 5.74) is 1.15. The van der Waals surface area contributed by atoms with E-state index in [9.17, 15) is 9.59 Å². The molecule has 1 saturated heterocycles. The molecule has 2 amide bonds. The number of rotatable bonds is 6. The summed E-state index contributed by atoms with van der Waals surface area (Å²) in [6.45, 7) is 2.10. The molecule has 1 aliphatic rings. The van der Waals surface area contributed by atoms with Crippen LogP contribution < -0.4 is 5.32 Å². The molecule has 26 heavy (non-hydrogen) atoms. The van der Waals surface area contributed by atoms with E-state index in [1.165, 1.54) is 15.7 Å². The highest BCUT2D eigenvalue weighted by Crippen LogP contribution is 2.22. The number of fused-ring (bicyclic) bond motifs is 1. The monoisotopic (exact) mass is 355 g/mol.